The molecule has 0 saturated carbocycles. The van der Waals surface area contributed by atoms with Crippen molar-refractivity contribution in [3.8, 4) is 5.88 Å². The van der Waals surface area contributed by atoms with Gasteiger partial charge in [-0.1, -0.05) is 20.8 Å². The highest BCUT2D eigenvalue weighted by atomic mass is 16.5. The van der Waals surface area contributed by atoms with Crippen LogP contribution < -0.4 is 15.8 Å². The molecule has 0 radical (unpaired) electrons. The van der Waals surface area contributed by atoms with Crippen LogP contribution in [-0.4, -0.2) is 29.7 Å². The lowest BCUT2D eigenvalue weighted by Crippen LogP contribution is -2.33. The SMILES string of the molecule is COc1cncc(NCC(N)CC(C)(C)C)n1. The van der Waals surface area contributed by atoms with Crippen LogP contribution in [0.4, 0.5) is 5.82 Å². The molecule has 1 aromatic rings. The molecule has 0 amide bonds. The van der Waals surface area contributed by atoms with Crippen molar-refractivity contribution < 1.29 is 4.74 Å². The predicted molar refractivity (Wildman–Crippen MR) is 69.1 cm³/mol. The highest BCUT2D eigenvalue weighted by Crippen LogP contribution is 2.20. The number of nitrogens with two attached hydrogens (primary N) is 1. The van der Waals surface area contributed by atoms with Crippen molar-refractivity contribution in [1.82, 2.24) is 9.97 Å². The molecule has 0 saturated heterocycles. The minimum Gasteiger partial charge on any atom is -0.480 e. The summed E-state index contributed by atoms with van der Waals surface area (Å²) in [4.78, 5) is 8.23. The smallest absolute Gasteiger partial charge is 0.233 e. The third-order valence-electron chi connectivity index (χ3n) is 2.24. The van der Waals surface area contributed by atoms with Gasteiger partial charge in [-0.25, -0.2) is 0 Å². The monoisotopic (exact) mass is 238 g/mol. The molecule has 3 N–H and O–H groups in total. The Morgan fingerprint density at radius 2 is 2.12 bits per heavy atom. The van der Waals surface area contributed by atoms with Gasteiger partial charge in [-0.3, -0.25) is 4.98 Å². The van der Waals surface area contributed by atoms with Gasteiger partial charge >= 0.3 is 0 Å². The largest absolute Gasteiger partial charge is 0.480 e. The van der Waals surface area contributed by atoms with Gasteiger partial charge in [0, 0.05) is 12.6 Å². The Bertz CT molecular complexity index is 349. The van der Waals surface area contributed by atoms with Crippen molar-refractivity contribution in [3.05, 3.63) is 12.4 Å². The number of aromatic nitrogens is 2. The van der Waals surface area contributed by atoms with Gasteiger partial charge < -0.3 is 15.8 Å². The number of nitrogens with one attached hydrogen (secondary N) is 1. The maximum absolute atomic E-state index is 6.04. The standard InChI is InChI=1S/C12H22N4O/c1-12(2,3)5-9(13)6-15-10-7-14-8-11(16-10)17-4/h7-9H,5-6,13H2,1-4H3,(H,15,16). The lowest BCUT2D eigenvalue weighted by molar-refractivity contribution is 0.344. The Morgan fingerprint density at radius 3 is 2.71 bits per heavy atom. The van der Waals surface area contributed by atoms with E-state index in [0.29, 0.717) is 18.2 Å². The fraction of sp³-hybridized carbons (Fsp3) is 0.667. The Morgan fingerprint density at radius 1 is 1.41 bits per heavy atom. The quantitative estimate of drug-likeness (QED) is 0.816. The highest BCUT2D eigenvalue weighted by Gasteiger charge is 2.15. The Kier molecular flexibility index (Phi) is 4.69. The van der Waals surface area contributed by atoms with E-state index < -0.39 is 0 Å². The lowest BCUT2D eigenvalue weighted by atomic mass is 9.88. The van der Waals surface area contributed by atoms with Crippen LogP contribution in [0.1, 0.15) is 27.2 Å². The molecule has 0 fully saturated rings. The molecule has 1 heterocycles. The van der Waals surface area contributed by atoms with Crippen LogP contribution in [0.15, 0.2) is 12.4 Å². The summed E-state index contributed by atoms with van der Waals surface area (Å²) in [6, 6.07) is 0.100. The van der Waals surface area contributed by atoms with Crippen molar-refractivity contribution in [1.29, 1.82) is 0 Å². The number of nitrogens with zero attached hydrogens (tertiary/aromatic N) is 2. The maximum Gasteiger partial charge on any atom is 0.233 e. The van der Waals surface area contributed by atoms with Crippen LogP contribution in [0, 0.1) is 5.41 Å². The maximum atomic E-state index is 6.04. The predicted octanol–water partition coefficient (Wildman–Crippen LogP) is 1.66. The first kappa shape index (κ1) is 13.7. The topological polar surface area (TPSA) is 73.1 Å². The summed E-state index contributed by atoms with van der Waals surface area (Å²) in [5, 5.41) is 3.16. The van der Waals surface area contributed by atoms with Crippen LogP contribution in [0.5, 0.6) is 5.88 Å². The molecule has 1 aromatic heterocycles. The van der Waals surface area contributed by atoms with Crippen molar-refractivity contribution in [2.45, 2.75) is 33.2 Å². The zero-order chi connectivity index (χ0) is 12.9. The molecule has 0 aromatic carbocycles. The molecule has 17 heavy (non-hydrogen) atoms. The van der Waals surface area contributed by atoms with Crippen molar-refractivity contribution in [2.24, 2.45) is 11.1 Å². The minimum atomic E-state index is 0.100. The molecular weight excluding hydrogens is 216 g/mol. The molecule has 5 nitrogen and oxygen atoms in total. The van der Waals surface area contributed by atoms with E-state index in [0.717, 1.165) is 6.42 Å². The Labute approximate surface area is 103 Å². The van der Waals surface area contributed by atoms with Crippen LogP contribution in [0.25, 0.3) is 0 Å². The average molecular weight is 238 g/mol. The Balaban J connectivity index is 2.44. The third kappa shape index (κ3) is 5.49. The second-order valence-corrected chi connectivity index (χ2v) is 5.35. The molecule has 0 aliphatic rings. The molecule has 96 valence electrons. The number of ether oxygens (including phenoxy) is 1. The normalized spacial score (nSPS) is 13.2. The molecule has 0 spiro atoms. The average Bonchev–Trinajstić information content (AvgIpc) is 2.24. The van der Waals surface area contributed by atoms with E-state index in [9.17, 15) is 0 Å². The summed E-state index contributed by atoms with van der Waals surface area (Å²) in [7, 11) is 1.57. The molecule has 5 heteroatoms. The van der Waals surface area contributed by atoms with Crippen molar-refractivity contribution in [3.63, 3.8) is 0 Å². The van der Waals surface area contributed by atoms with E-state index in [-0.39, 0.29) is 11.5 Å². The molecule has 1 rings (SSSR count). The van der Waals surface area contributed by atoms with Gasteiger partial charge in [-0.15, -0.1) is 0 Å². The second kappa shape index (κ2) is 5.82. The second-order valence-electron chi connectivity index (χ2n) is 5.35. The molecular formula is C12H22N4O. The molecule has 1 unspecified atom stereocenters. The highest BCUT2D eigenvalue weighted by molar-refractivity contribution is 5.33. The fourth-order valence-corrected chi connectivity index (χ4v) is 1.63. The van der Waals surface area contributed by atoms with Gasteiger partial charge in [0.25, 0.3) is 0 Å². The van der Waals surface area contributed by atoms with E-state index in [2.05, 4.69) is 36.1 Å². The molecule has 1 atom stereocenters. The summed E-state index contributed by atoms with van der Waals surface area (Å²) < 4.78 is 5.00. The van der Waals surface area contributed by atoms with E-state index >= 15 is 0 Å². The first-order chi connectivity index (χ1) is 7.90. The van der Waals surface area contributed by atoms with Crippen LogP contribution >= 0.6 is 0 Å². The molecule has 0 aliphatic heterocycles. The number of anilines is 1. The minimum absolute atomic E-state index is 0.100. The summed E-state index contributed by atoms with van der Waals surface area (Å²) >= 11 is 0. The fourth-order valence-electron chi connectivity index (χ4n) is 1.63. The van der Waals surface area contributed by atoms with Gasteiger partial charge in [0.15, 0.2) is 0 Å². The first-order valence-electron chi connectivity index (χ1n) is 5.76. The van der Waals surface area contributed by atoms with E-state index in [4.69, 9.17) is 10.5 Å². The lowest BCUT2D eigenvalue weighted by Gasteiger charge is -2.23. The summed E-state index contributed by atoms with van der Waals surface area (Å²) in [5.74, 6) is 1.19. The Hall–Kier alpha value is -1.36. The van der Waals surface area contributed by atoms with E-state index in [1.807, 2.05) is 0 Å². The zero-order valence-electron chi connectivity index (χ0n) is 11.0. The van der Waals surface area contributed by atoms with E-state index in [1.54, 1.807) is 19.5 Å². The summed E-state index contributed by atoms with van der Waals surface area (Å²) in [5.41, 5.74) is 6.27. The number of hydrogen-bond acceptors (Lipinski definition) is 5. The van der Waals surface area contributed by atoms with Crippen LogP contribution in [0.2, 0.25) is 0 Å². The summed E-state index contributed by atoms with van der Waals surface area (Å²) in [6.45, 7) is 7.22. The summed E-state index contributed by atoms with van der Waals surface area (Å²) in [6.07, 6.45) is 4.18. The number of rotatable bonds is 5. The van der Waals surface area contributed by atoms with Gasteiger partial charge in [0.05, 0.1) is 19.5 Å². The van der Waals surface area contributed by atoms with E-state index in [1.165, 1.54) is 0 Å². The van der Waals surface area contributed by atoms with Gasteiger partial charge in [-0.05, 0) is 11.8 Å². The first-order valence-corrected chi connectivity index (χ1v) is 5.76. The van der Waals surface area contributed by atoms with Gasteiger partial charge in [0.1, 0.15) is 5.82 Å². The molecule has 0 bridgehead atoms. The third-order valence-corrected chi connectivity index (χ3v) is 2.24. The number of hydrogen-bond donors (Lipinski definition) is 2. The van der Waals surface area contributed by atoms with Gasteiger partial charge in [-0.2, -0.15) is 4.98 Å². The van der Waals surface area contributed by atoms with Crippen LogP contribution in [-0.2, 0) is 0 Å². The number of methoxy groups -OCH3 is 1. The van der Waals surface area contributed by atoms with Crippen LogP contribution in [0.3, 0.4) is 0 Å². The van der Waals surface area contributed by atoms with Crippen molar-refractivity contribution >= 4 is 5.82 Å². The zero-order valence-corrected chi connectivity index (χ0v) is 11.0. The molecule has 0 aliphatic carbocycles. The van der Waals surface area contributed by atoms with Crippen molar-refractivity contribution in [2.75, 3.05) is 19.0 Å². The van der Waals surface area contributed by atoms with Gasteiger partial charge in [0.2, 0.25) is 5.88 Å².